The van der Waals surface area contributed by atoms with Gasteiger partial charge in [-0.15, -0.1) is 0 Å². The Morgan fingerprint density at radius 2 is 1.88 bits per heavy atom. The van der Waals surface area contributed by atoms with Crippen molar-refractivity contribution in [2.24, 2.45) is 0 Å². The van der Waals surface area contributed by atoms with Crippen molar-refractivity contribution in [2.75, 3.05) is 19.8 Å². The summed E-state index contributed by atoms with van der Waals surface area (Å²) in [5.74, 6) is -1.07. The topological polar surface area (TPSA) is 71.8 Å². The molecule has 1 aromatic carbocycles. The third-order valence-corrected chi connectivity index (χ3v) is 4.13. The van der Waals surface area contributed by atoms with Crippen LogP contribution in [-0.2, 0) is 16.1 Å². The van der Waals surface area contributed by atoms with Crippen molar-refractivity contribution in [1.29, 1.82) is 0 Å². The number of carboxylic acids is 1. The highest BCUT2D eigenvalue weighted by Gasteiger charge is 2.29. The number of carbonyl (C=O) groups excluding carboxylic acids is 1. The van der Waals surface area contributed by atoms with Gasteiger partial charge in [0.25, 0.3) is 5.91 Å². The van der Waals surface area contributed by atoms with E-state index in [-0.39, 0.29) is 18.9 Å². The Labute approximate surface area is 140 Å². The van der Waals surface area contributed by atoms with E-state index in [4.69, 9.17) is 9.84 Å². The van der Waals surface area contributed by atoms with Gasteiger partial charge in [0.05, 0.1) is 25.7 Å². The SMILES string of the molecule is O=C(O)CC1COCCN1C(=O)c1ccc(Cn2cccc2)cc1. The number of morpholine rings is 1. The lowest BCUT2D eigenvalue weighted by Crippen LogP contribution is -2.49. The summed E-state index contributed by atoms with van der Waals surface area (Å²) in [6.45, 7) is 1.87. The number of ether oxygens (including phenoxy) is 1. The quantitative estimate of drug-likeness (QED) is 0.909. The van der Waals surface area contributed by atoms with Crippen molar-refractivity contribution in [3.05, 3.63) is 59.9 Å². The summed E-state index contributed by atoms with van der Waals surface area (Å²) in [6, 6.07) is 11.0. The minimum Gasteiger partial charge on any atom is -0.481 e. The number of nitrogens with zero attached hydrogens (tertiary/aromatic N) is 2. The molecule has 1 aliphatic heterocycles. The van der Waals surface area contributed by atoms with Crippen LogP contribution < -0.4 is 0 Å². The Kier molecular flexibility index (Phi) is 4.96. The second-order valence-corrected chi connectivity index (χ2v) is 5.88. The highest BCUT2D eigenvalue weighted by molar-refractivity contribution is 5.94. The molecule has 1 unspecified atom stereocenters. The third kappa shape index (κ3) is 3.83. The lowest BCUT2D eigenvalue weighted by atomic mass is 10.1. The molecule has 0 bridgehead atoms. The fourth-order valence-corrected chi connectivity index (χ4v) is 2.90. The smallest absolute Gasteiger partial charge is 0.305 e. The van der Waals surface area contributed by atoms with Crippen molar-refractivity contribution in [3.8, 4) is 0 Å². The summed E-state index contributed by atoms with van der Waals surface area (Å²) in [4.78, 5) is 25.3. The number of aromatic nitrogens is 1. The van der Waals surface area contributed by atoms with Crippen molar-refractivity contribution in [2.45, 2.75) is 19.0 Å². The fourth-order valence-electron chi connectivity index (χ4n) is 2.90. The maximum Gasteiger partial charge on any atom is 0.305 e. The molecular weight excluding hydrogens is 308 g/mol. The molecule has 1 atom stereocenters. The minimum atomic E-state index is -0.926. The van der Waals surface area contributed by atoms with Crippen LogP contribution in [0.1, 0.15) is 22.3 Å². The molecule has 2 heterocycles. The van der Waals surface area contributed by atoms with E-state index in [2.05, 4.69) is 4.57 Å². The predicted octanol–water partition coefficient (Wildman–Crippen LogP) is 1.85. The molecule has 2 aromatic rings. The van der Waals surface area contributed by atoms with Gasteiger partial charge in [-0.1, -0.05) is 12.1 Å². The minimum absolute atomic E-state index is 0.0997. The number of amides is 1. The van der Waals surface area contributed by atoms with Gasteiger partial charge >= 0.3 is 5.97 Å². The van der Waals surface area contributed by atoms with Crippen LogP contribution in [0.25, 0.3) is 0 Å². The molecule has 1 amide bonds. The molecule has 6 nitrogen and oxygen atoms in total. The molecule has 0 spiro atoms. The van der Waals surface area contributed by atoms with E-state index in [0.717, 1.165) is 12.1 Å². The standard InChI is InChI=1S/C18H20N2O4/c21-17(22)11-16-13-24-10-9-20(16)18(23)15-5-3-14(4-6-15)12-19-7-1-2-8-19/h1-8,16H,9-13H2,(H,21,22). The van der Waals surface area contributed by atoms with Crippen LogP contribution in [0.4, 0.5) is 0 Å². The van der Waals surface area contributed by atoms with Gasteiger partial charge in [-0.25, -0.2) is 0 Å². The van der Waals surface area contributed by atoms with Crippen LogP contribution in [0.2, 0.25) is 0 Å². The van der Waals surface area contributed by atoms with Crippen LogP contribution in [0.5, 0.6) is 0 Å². The van der Waals surface area contributed by atoms with Gasteiger partial charge in [0, 0.05) is 31.0 Å². The molecule has 1 saturated heterocycles. The number of benzene rings is 1. The van der Waals surface area contributed by atoms with E-state index in [9.17, 15) is 9.59 Å². The van der Waals surface area contributed by atoms with E-state index in [0.29, 0.717) is 18.7 Å². The average molecular weight is 328 g/mol. The fraction of sp³-hybridized carbons (Fsp3) is 0.333. The molecule has 0 aliphatic carbocycles. The first-order valence-electron chi connectivity index (χ1n) is 7.93. The summed E-state index contributed by atoms with van der Waals surface area (Å²) in [5, 5.41) is 9.00. The van der Waals surface area contributed by atoms with E-state index in [1.54, 1.807) is 17.0 Å². The number of hydrogen-bond acceptors (Lipinski definition) is 3. The van der Waals surface area contributed by atoms with Crippen LogP contribution in [-0.4, -0.2) is 52.3 Å². The molecule has 0 saturated carbocycles. The van der Waals surface area contributed by atoms with Crippen molar-refractivity contribution in [1.82, 2.24) is 9.47 Å². The van der Waals surface area contributed by atoms with E-state index >= 15 is 0 Å². The van der Waals surface area contributed by atoms with Gasteiger partial charge in [-0.3, -0.25) is 9.59 Å². The first-order valence-corrected chi connectivity index (χ1v) is 7.93. The lowest BCUT2D eigenvalue weighted by Gasteiger charge is -2.34. The monoisotopic (exact) mass is 328 g/mol. The van der Waals surface area contributed by atoms with Gasteiger partial charge in [0.2, 0.25) is 0 Å². The highest BCUT2D eigenvalue weighted by Crippen LogP contribution is 2.16. The van der Waals surface area contributed by atoms with E-state index in [1.807, 2.05) is 36.7 Å². The van der Waals surface area contributed by atoms with Crippen molar-refractivity contribution < 1.29 is 19.4 Å². The van der Waals surface area contributed by atoms with Crippen molar-refractivity contribution in [3.63, 3.8) is 0 Å². The highest BCUT2D eigenvalue weighted by atomic mass is 16.5. The molecule has 1 fully saturated rings. The van der Waals surface area contributed by atoms with Gasteiger partial charge in [0.1, 0.15) is 0 Å². The zero-order chi connectivity index (χ0) is 16.9. The van der Waals surface area contributed by atoms with Crippen LogP contribution in [0.3, 0.4) is 0 Å². The Balaban J connectivity index is 1.70. The Morgan fingerprint density at radius 1 is 1.17 bits per heavy atom. The molecule has 3 rings (SSSR count). The third-order valence-electron chi connectivity index (χ3n) is 4.13. The van der Waals surface area contributed by atoms with Gasteiger partial charge in [-0.05, 0) is 29.8 Å². The molecule has 6 heteroatoms. The van der Waals surface area contributed by atoms with Gasteiger partial charge in [-0.2, -0.15) is 0 Å². The Hall–Kier alpha value is -2.60. The normalized spacial score (nSPS) is 17.7. The van der Waals surface area contributed by atoms with E-state index in [1.165, 1.54) is 0 Å². The molecule has 1 aromatic heterocycles. The number of carbonyl (C=O) groups is 2. The molecule has 1 aliphatic rings. The Bertz CT molecular complexity index is 694. The van der Waals surface area contributed by atoms with Crippen LogP contribution in [0.15, 0.2) is 48.8 Å². The average Bonchev–Trinajstić information content (AvgIpc) is 3.08. The number of carboxylic acid groups (broad SMARTS) is 1. The van der Waals surface area contributed by atoms with E-state index < -0.39 is 12.0 Å². The largest absolute Gasteiger partial charge is 0.481 e. The second kappa shape index (κ2) is 7.31. The summed E-state index contributed by atoms with van der Waals surface area (Å²) >= 11 is 0. The first-order chi connectivity index (χ1) is 11.6. The number of aliphatic carboxylic acids is 1. The number of hydrogen-bond donors (Lipinski definition) is 1. The van der Waals surface area contributed by atoms with Crippen LogP contribution >= 0.6 is 0 Å². The van der Waals surface area contributed by atoms with Gasteiger partial charge in [0.15, 0.2) is 0 Å². The second-order valence-electron chi connectivity index (χ2n) is 5.88. The van der Waals surface area contributed by atoms with Crippen molar-refractivity contribution >= 4 is 11.9 Å². The first kappa shape index (κ1) is 16.3. The van der Waals surface area contributed by atoms with Gasteiger partial charge < -0.3 is 19.3 Å². The summed E-state index contributed by atoms with van der Waals surface area (Å²) in [7, 11) is 0. The molecule has 1 N–H and O–H groups in total. The molecule has 0 radical (unpaired) electrons. The maximum atomic E-state index is 12.7. The summed E-state index contributed by atoms with van der Waals surface area (Å²) in [6.07, 6.45) is 3.88. The van der Waals surface area contributed by atoms with Crippen LogP contribution in [0, 0.1) is 0 Å². The molecule has 24 heavy (non-hydrogen) atoms. The summed E-state index contributed by atoms with van der Waals surface area (Å²) in [5.41, 5.74) is 1.68. The number of rotatable bonds is 5. The Morgan fingerprint density at radius 3 is 2.54 bits per heavy atom. The zero-order valence-electron chi connectivity index (χ0n) is 13.3. The molecular formula is C18H20N2O4. The predicted molar refractivity (Wildman–Crippen MR) is 87.9 cm³/mol. The summed E-state index contributed by atoms with van der Waals surface area (Å²) < 4.78 is 7.37. The zero-order valence-corrected chi connectivity index (χ0v) is 13.3. The molecule has 126 valence electrons. The lowest BCUT2D eigenvalue weighted by molar-refractivity contribution is -0.139. The maximum absolute atomic E-state index is 12.7.